The molecule has 4 aromatic carbocycles. The maximum Gasteiger partial charge on any atom is 0.337 e. The first-order chi connectivity index (χ1) is 14.1. The first kappa shape index (κ1) is 19.0. The van der Waals surface area contributed by atoms with Gasteiger partial charge in [0.2, 0.25) is 0 Å². The lowest BCUT2D eigenvalue weighted by Gasteiger charge is -2.08. The predicted molar refractivity (Wildman–Crippen MR) is 119 cm³/mol. The minimum absolute atomic E-state index is 0.330. The highest BCUT2D eigenvalue weighted by Gasteiger charge is 2.07. The molecule has 0 N–H and O–H groups in total. The van der Waals surface area contributed by atoms with Crippen molar-refractivity contribution in [2.75, 3.05) is 7.11 Å². The molecule has 0 saturated carbocycles. The zero-order chi connectivity index (χ0) is 20.2. The zero-order valence-corrected chi connectivity index (χ0v) is 16.7. The van der Waals surface area contributed by atoms with Crippen molar-refractivity contribution in [3.05, 3.63) is 108 Å². The van der Waals surface area contributed by atoms with Crippen LogP contribution in [0.1, 0.15) is 10.4 Å². The molecule has 4 aromatic rings. The Balaban J connectivity index is 1.57. The van der Waals surface area contributed by atoms with Gasteiger partial charge in [-0.25, -0.2) is 4.79 Å². The van der Waals surface area contributed by atoms with Gasteiger partial charge in [0.1, 0.15) is 0 Å². The molecule has 0 spiro atoms. The van der Waals surface area contributed by atoms with E-state index in [1.807, 2.05) is 36.4 Å². The van der Waals surface area contributed by atoms with Crippen molar-refractivity contribution in [3.63, 3.8) is 0 Å². The molecular weight excluding hydrogens is 380 g/mol. The molecule has 0 unspecified atom stereocenters. The first-order valence-electron chi connectivity index (χ1n) is 9.29. The van der Waals surface area contributed by atoms with E-state index in [-0.39, 0.29) is 5.97 Å². The molecule has 4 rings (SSSR count). The van der Waals surface area contributed by atoms with Crippen LogP contribution < -0.4 is 0 Å². The summed E-state index contributed by atoms with van der Waals surface area (Å²) in [5.41, 5.74) is 7.09. The summed E-state index contributed by atoms with van der Waals surface area (Å²) in [5, 5.41) is 0.735. The van der Waals surface area contributed by atoms with Gasteiger partial charge in [0.15, 0.2) is 0 Å². The third-order valence-corrected chi connectivity index (χ3v) is 5.11. The second-order valence-corrected chi connectivity index (χ2v) is 7.17. The number of ether oxygens (including phenoxy) is 1. The van der Waals surface area contributed by atoms with Crippen molar-refractivity contribution in [2.24, 2.45) is 0 Å². The number of methoxy groups -OCH3 is 1. The summed E-state index contributed by atoms with van der Waals surface area (Å²) in [7, 11) is 1.39. The van der Waals surface area contributed by atoms with Crippen LogP contribution >= 0.6 is 11.6 Å². The minimum atomic E-state index is -0.330. The van der Waals surface area contributed by atoms with Crippen LogP contribution in [0.2, 0.25) is 5.02 Å². The summed E-state index contributed by atoms with van der Waals surface area (Å²) >= 11 is 6.10. The normalized spacial score (nSPS) is 10.6. The Bertz CT molecular complexity index is 1150. The number of benzene rings is 4. The maximum atomic E-state index is 11.8. The SMILES string of the molecule is COC(=O)c1cccc(-c2ccc(-c3ccc(-c4cccc(Cl)c4)cc3)cc2)c1. The van der Waals surface area contributed by atoms with E-state index in [1.54, 1.807) is 6.07 Å². The lowest BCUT2D eigenvalue weighted by atomic mass is 9.97. The summed E-state index contributed by atoms with van der Waals surface area (Å²) in [4.78, 5) is 11.8. The van der Waals surface area contributed by atoms with Crippen molar-refractivity contribution < 1.29 is 9.53 Å². The maximum absolute atomic E-state index is 11.8. The van der Waals surface area contributed by atoms with Crippen molar-refractivity contribution in [1.29, 1.82) is 0 Å². The molecular formula is C26H19ClO2. The van der Waals surface area contributed by atoms with E-state index in [0.717, 1.165) is 38.4 Å². The predicted octanol–water partition coefficient (Wildman–Crippen LogP) is 7.13. The van der Waals surface area contributed by atoms with Gasteiger partial charge >= 0.3 is 5.97 Å². The molecule has 2 nitrogen and oxygen atoms in total. The monoisotopic (exact) mass is 398 g/mol. The fraction of sp³-hybridized carbons (Fsp3) is 0.0385. The van der Waals surface area contributed by atoms with Crippen molar-refractivity contribution in [3.8, 4) is 33.4 Å². The van der Waals surface area contributed by atoms with Crippen LogP contribution in [-0.4, -0.2) is 13.1 Å². The van der Waals surface area contributed by atoms with E-state index in [9.17, 15) is 4.79 Å². The summed E-state index contributed by atoms with van der Waals surface area (Å²) in [6.07, 6.45) is 0. The molecule has 0 saturated heterocycles. The molecule has 0 aliphatic carbocycles. The number of rotatable bonds is 4. The Labute approximate surface area is 175 Å². The number of hydrogen-bond donors (Lipinski definition) is 0. The summed E-state index contributed by atoms with van der Waals surface area (Å²) in [6, 6.07) is 32.1. The highest BCUT2D eigenvalue weighted by molar-refractivity contribution is 6.30. The second-order valence-electron chi connectivity index (χ2n) is 6.74. The Morgan fingerprint density at radius 1 is 0.621 bits per heavy atom. The molecule has 0 fully saturated rings. The van der Waals surface area contributed by atoms with Crippen molar-refractivity contribution in [1.82, 2.24) is 0 Å². The van der Waals surface area contributed by atoms with E-state index in [0.29, 0.717) is 5.56 Å². The third kappa shape index (κ3) is 4.23. The molecule has 0 aliphatic rings. The Kier molecular flexibility index (Phi) is 5.46. The van der Waals surface area contributed by atoms with Crippen LogP contribution in [0.4, 0.5) is 0 Å². The van der Waals surface area contributed by atoms with Gasteiger partial charge in [0, 0.05) is 5.02 Å². The number of halogens is 1. The first-order valence-corrected chi connectivity index (χ1v) is 9.67. The van der Waals surface area contributed by atoms with Gasteiger partial charge in [-0.15, -0.1) is 0 Å². The topological polar surface area (TPSA) is 26.3 Å². The standard InChI is InChI=1S/C26H19ClO2/c1-29-26(28)24-6-2-4-22(16-24)20-12-8-18(9-13-20)19-10-14-21(15-11-19)23-5-3-7-25(27)17-23/h2-17H,1H3. The zero-order valence-electron chi connectivity index (χ0n) is 15.9. The minimum Gasteiger partial charge on any atom is -0.465 e. The number of esters is 1. The van der Waals surface area contributed by atoms with Gasteiger partial charge in [-0.1, -0.05) is 84.4 Å². The highest BCUT2D eigenvalue weighted by atomic mass is 35.5. The smallest absolute Gasteiger partial charge is 0.337 e. The fourth-order valence-corrected chi connectivity index (χ4v) is 3.51. The van der Waals surface area contributed by atoms with Crippen LogP contribution in [0, 0.1) is 0 Å². The number of carbonyl (C=O) groups excluding carboxylic acids is 1. The molecule has 0 atom stereocenters. The highest BCUT2D eigenvalue weighted by Crippen LogP contribution is 2.28. The van der Waals surface area contributed by atoms with E-state index >= 15 is 0 Å². The van der Waals surface area contributed by atoms with Gasteiger partial charge in [-0.05, 0) is 57.6 Å². The summed E-state index contributed by atoms with van der Waals surface area (Å²) in [6.45, 7) is 0. The van der Waals surface area contributed by atoms with E-state index in [2.05, 4.69) is 54.6 Å². The van der Waals surface area contributed by atoms with E-state index in [4.69, 9.17) is 16.3 Å². The van der Waals surface area contributed by atoms with Crippen LogP contribution in [0.5, 0.6) is 0 Å². The Morgan fingerprint density at radius 3 is 1.55 bits per heavy atom. The van der Waals surface area contributed by atoms with E-state index in [1.165, 1.54) is 7.11 Å². The average Bonchev–Trinajstić information content (AvgIpc) is 2.79. The Morgan fingerprint density at radius 2 is 1.07 bits per heavy atom. The molecule has 0 heterocycles. The van der Waals surface area contributed by atoms with Gasteiger partial charge in [0.25, 0.3) is 0 Å². The second kappa shape index (κ2) is 8.34. The summed E-state index contributed by atoms with van der Waals surface area (Å²) < 4.78 is 4.81. The number of hydrogen-bond acceptors (Lipinski definition) is 2. The van der Waals surface area contributed by atoms with Crippen LogP contribution in [0.15, 0.2) is 97.1 Å². The van der Waals surface area contributed by atoms with Crippen LogP contribution in [0.25, 0.3) is 33.4 Å². The van der Waals surface area contributed by atoms with Crippen molar-refractivity contribution >= 4 is 17.6 Å². The van der Waals surface area contributed by atoms with E-state index < -0.39 is 0 Å². The molecule has 0 amide bonds. The van der Waals surface area contributed by atoms with Gasteiger partial charge in [-0.2, -0.15) is 0 Å². The van der Waals surface area contributed by atoms with Gasteiger partial charge in [0.05, 0.1) is 12.7 Å². The third-order valence-electron chi connectivity index (χ3n) is 4.88. The van der Waals surface area contributed by atoms with Crippen molar-refractivity contribution in [2.45, 2.75) is 0 Å². The summed E-state index contributed by atoms with van der Waals surface area (Å²) in [5.74, 6) is -0.330. The fourth-order valence-electron chi connectivity index (χ4n) is 3.32. The quantitative estimate of drug-likeness (QED) is 0.342. The largest absolute Gasteiger partial charge is 0.465 e. The molecule has 0 radical (unpaired) electrons. The number of carbonyl (C=O) groups is 1. The molecule has 29 heavy (non-hydrogen) atoms. The molecule has 142 valence electrons. The Hall–Kier alpha value is -3.36. The molecule has 3 heteroatoms. The molecule has 0 aromatic heterocycles. The van der Waals surface area contributed by atoms with Crippen LogP contribution in [0.3, 0.4) is 0 Å². The average molecular weight is 399 g/mol. The van der Waals surface area contributed by atoms with Gasteiger partial charge in [-0.3, -0.25) is 0 Å². The lowest BCUT2D eigenvalue weighted by Crippen LogP contribution is -2.00. The molecule has 0 aliphatic heterocycles. The lowest BCUT2D eigenvalue weighted by molar-refractivity contribution is 0.0601. The van der Waals surface area contributed by atoms with Crippen LogP contribution in [-0.2, 0) is 4.74 Å². The van der Waals surface area contributed by atoms with Gasteiger partial charge < -0.3 is 4.74 Å². The molecule has 0 bridgehead atoms.